The molecular formula is C19H22O5. The van der Waals surface area contributed by atoms with Crippen molar-refractivity contribution in [3.63, 3.8) is 0 Å². The largest absolute Gasteiger partial charge is 0.504 e. The maximum Gasteiger partial charge on any atom is 0.193 e. The van der Waals surface area contributed by atoms with Gasteiger partial charge in [0.2, 0.25) is 0 Å². The average Bonchev–Trinajstić information content (AvgIpc) is 2.56. The molecule has 0 aromatic heterocycles. The molecule has 2 aromatic carbocycles. The molecule has 0 heterocycles. The van der Waals surface area contributed by atoms with E-state index in [0.29, 0.717) is 36.8 Å². The minimum Gasteiger partial charge on any atom is -0.504 e. The molecule has 0 saturated heterocycles. The minimum atomic E-state index is -0.354. The maximum atomic E-state index is 13.0. The molecule has 0 aliphatic carbocycles. The van der Waals surface area contributed by atoms with Crippen molar-refractivity contribution in [1.82, 2.24) is 0 Å². The molecule has 0 saturated carbocycles. The van der Waals surface area contributed by atoms with Gasteiger partial charge in [-0.3, -0.25) is 4.79 Å². The highest BCUT2D eigenvalue weighted by molar-refractivity contribution is 6.11. The van der Waals surface area contributed by atoms with Gasteiger partial charge < -0.3 is 20.4 Å². The lowest BCUT2D eigenvalue weighted by atomic mass is 9.90. The van der Waals surface area contributed by atoms with Gasteiger partial charge in [0.25, 0.3) is 0 Å². The molecule has 0 fully saturated rings. The summed E-state index contributed by atoms with van der Waals surface area (Å²) in [7, 11) is 0. The van der Waals surface area contributed by atoms with Crippen LogP contribution >= 0.6 is 0 Å². The summed E-state index contributed by atoms with van der Waals surface area (Å²) in [5.41, 5.74) is 1.35. The minimum absolute atomic E-state index is 0.266. The average molecular weight is 330 g/mol. The Morgan fingerprint density at radius 3 is 1.46 bits per heavy atom. The summed E-state index contributed by atoms with van der Waals surface area (Å²) in [6, 6.07) is 5.51. The van der Waals surface area contributed by atoms with E-state index in [1.165, 1.54) is 24.3 Å². The topological polar surface area (TPSA) is 98.0 Å². The molecule has 0 bridgehead atoms. The van der Waals surface area contributed by atoms with E-state index in [4.69, 9.17) is 0 Å². The molecule has 5 heteroatoms. The van der Waals surface area contributed by atoms with Crippen molar-refractivity contribution in [2.75, 3.05) is 0 Å². The predicted octanol–water partition coefficient (Wildman–Crippen LogP) is 3.65. The van der Waals surface area contributed by atoms with Crippen LogP contribution in [0.1, 0.15) is 53.7 Å². The highest BCUT2D eigenvalue weighted by Crippen LogP contribution is 2.37. The summed E-state index contributed by atoms with van der Waals surface area (Å²) in [6.45, 7) is 3.82. The Bertz CT molecular complexity index is 701. The zero-order valence-electron chi connectivity index (χ0n) is 13.8. The third-order valence-electron chi connectivity index (χ3n) is 4.01. The van der Waals surface area contributed by atoms with Crippen LogP contribution in [0.2, 0.25) is 0 Å². The number of carbonyl (C=O) groups is 1. The smallest absolute Gasteiger partial charge is 0.193 e. The highest BCUT2D eigenvalue weighted by atomic mass is 16.3. The first-order valence-corrected chi connectivity index (χ1v) is 8.04. The van der Waals surface area contributed by atoms with Crippen molar-refractivity contribution in [3.8, 4) is 23.0 Å². The fourth-order valence-electron chi connectivity index (χ4n) is 2.82. The molecule has 2 rings (SSSR count). The molecule has 0 aliphatic heterocycles. The number of phenolic OH excluding ortho intramolecular Hbond substituents is 4. The van der Waals surface area contributed by atoms with E-state index in [1.54, 1.807) is 0 Å². The standard InChI is InChI=1S/C19H22O5/c1-3-5-11-13(7-9-15(20)18(11)23)17(22)14-8-10-16(21)19(24)12(14)6-4-2/h7-10,20-21,23-24H,3-6H2,1-2H3. The van der Waals surface area contributed by atoms with Gasteiger partial charge in [-0.25, -0.2) is 0 Å². The first kappa shape index (κ1) is 17.7. The maximum absolute atomic E-state index is 13.0. The number of aromatic hydroxyl groups is 4. The lowest BCUT2D eigenvalue weighted by Crippen LogP contribution is -2.09. The monoisotopic (exact) mass is 330 g/mol. The van der Waals surface area contributed by atoms with Crippen LogP contribution < -0.4 is 0 Å². The Morgan fingerprint density at radius 2 is 1.12 bits per heavy atom. The molecule has 5 nitrogen and oxygen atoms in total. The fraction of sp³-hybridized carbons (Fsp3) is 0.316. The lowest BCUT2D eigenvalue weighted by molar-refractivity contribution is 0.103. The van der Waals surface area contributed by atoms with Crippen LogP contribution in [0.4, 0.5) is 0 Å². The van der Waals surface area contributed by atoms with Gasteiger partial charge in [0.1, 0.15) is 0 Å². The van der Waals surface area contributed by atoms with Gasteiger partial charge >= 0.3 is 0 Å². The number of benzene rings is 2. The summed E-state index contributed by atoms with van der Waals surface area (Å²) in [4.78, 5) is 13.0. The third-order valence-corrected chi connectivity index (χ3v) is 4.01. The molecule has 0 amide bonds. The first-order valence-electron chi connectivity index (χ1n) is 8.04. The van der Waals surface area contributed by atoms with Crippen LogP contribution in [0.5, 0.6) is 23.0 Å². The van der Waals surface area contributed by atoms with Crippen molar-refractivity contribution in [2.24, 2.45) is 0 Å². The van der Waals surface area contributed by atoms with Gasteiger partial charge in [-0.05, 0) is 37.1 Å². The molecule has 4 N–H and O–H groups in total. The Labute approximate surface area is 140 Å². The van der Waals surface area contributed by atoms with Crippen LogP contribution in [0.15, 0.2) is 24.3 Å². The molecule has 0 unspecified atom stereocenters. The van der Waals surface area contributed by atoms with Crippen LogP contribution in [0.25, 0.3) is 0 Å². The van der Waals surface area contributed by atoms with E-state index in [2.05, 4.69) is 0 Å². The van der Waals surface area contributed by atoms with Gasteiger partial charge in [-0.2, -0.15) is 0 Å². The van der Waals surface area contributed by atoms with Crippen molar-refractivity contribution < 1.29 is 25.2 Å². The van der Waals surface area contributed by atoms with Gasteiger partial charge in [-0.15, -0.1) is 0 Å². The molecular weight excluding hydrogens is 308 g/mol. The van der Waals surface area contributed by atoms with Crippen LogP contribution in [-0.4, -0.2) is 26.2 Å². The van der Waals surface area contributed by atoms with Gasteiger partial charge in [0, 0.05) is 22.3 Å². The molecule has 0 aliphatic rings. The van der Waals surface area contributed by atoms with Crippen LogP contribution in [0, 0.1) is 0 Å². The van der Waals surface area contributed by atoms with E-state index in [9.17, 15) is 25.2 Å². The third kappa shape index (κ3) is 3.15. The summed E-state index contributed by atoms with van der Waals surface area (Å²) in [6.07, 6.45) is 2.27. The number of hydrogen-bond acceptors (Lipinski definition) is 5. The van der Waals surface area contributed by atoms with Gasteiger partial charge in [0.15, 0.2) is 28.8 Å². The molecule has 0 atom stereocenters. The van der Waals surface area contributed by atoms with Crippen molar-refractivity contribution in [1.29, 1.82) is 0 Å². The van der Waals surface area contributed by atoms with E-state index in [-0.39, 0.29) is 39.9 Å². The second-order valence-electron chi connectivity index (χ2n) is 5.75. The summed E-state index contributed by atoms with van der Waals surface area (Å²) in [5, 5.41) is 39.5. The number of phenols is 4. The molecule has 0 spiro atoms. The molecule has 2 aromatic rings. The summed E-state index contributed by atoms with van der Waals surface area (Å²) >= 11 is 0. The second-order valence-corrected chi connectivity index (χ2v) is 5.75. The highest BCUT2D eigenvalue weighted by Gasteiger charge is 2.22. The predicted molar refractivity (Wildman–Crippen MR) is 91.0 cm³/mol. The lowest BCUT2D eigenvalue weighted by Gasteiger charge is -2.15. The first-order chi connectivity index (χ1) is 11.4. The summed E-state index contributed by atoms with van der Waals surface area (Å²) in [5.74, 6) is -1.47. The zero-order valence-corrected chi connectivity index (χ0v) is 13.8. The second kappa shape index (κ2) is 7.25. The molecule has 24 heavy (non-hydrogen) atoms. The Balaban J connectivity index is 2.62. The van der Waals surface area contributed by atoms with E-state index >= 15 is 0 Å². The van der Waals surface area contributed by atoms with Gasteiger partial charge in [-0.1, -0.05) is 26.7 Å². The normalized spacial score (nSPS) is 10.8. The van der Waals surface area contributed by atoms with Crippen molar-refractivity contribution in [2.45, 2.75) is 39.5 Å². The van der Waals surface area contributed by atoms with E-state index < -0.39 is 0 Å². The van der Waals surface area contributed by atoms with Gasteiger partial charge in [0.05, 0.1) is 0 Å². The van der Waals surface area contributed by atoms with Crippen LogP contribution in [0.3, 0.4) is 0 Å². The van der Waals surface area contributed by atoms with Crippen molar-refractivity contribution >= 4 is 5.78 Å². The fourth-order valence-corrected chi connectivity index (χ4v) is 2.82. The SMILES string of the molecule is CCCc1c(C(=O)c2ccc(O)c(O)c2CCC)ccc(O)c1O. The molecule has 0 radical (unpaired) electrons. The quantitative estimate of drug-likeness (QED) is 0.479. The number of hydrogen-bond donors (Lipinski definition) is 4. The number of ketones is 1. The molecule has 128 valence electrons. The van der Waals surface area contributed by atoms with E-state index in [0.717, 1.165) is 0 Å². The Kier molecular flexibility index (Phi) is 5.34. The number of carbonyl (C=O) groups excluding carboxylic acids is 1. The Hall–Kier alpha value is -2.69. The number of rotatable bonds is 6. The van der Waals surface area contributed by atoms with E-state index in [1.807, 2.05) is 13.8 Å². The zero-order chi connectivity index (χ0) is 17.9. The Morgan fingerprint density at radius 1 is 0.750 bits per heavy atom. The van der Waals surface area contributed by atoms with Crippen molar-refractivity contribution in [3.05, 3.63) is 46.5 Å². The van der Waals surface area contributed by atoms with Crippen LogP contribution in [-0.2, 0) is 12.8 Å². The summed E-state index contributed by atoms with van der Waals surface area (Å²) < 4.78 is 0.